The molecule has 0 spiro atoms. The van der Waals surface area contributed by atoms with E-state index in [-0.39, 0.29) is 18.0 Å². The molecular weight excluding hydrogens is 474 g/mol. The molecule has 0 saturated heterocycles. The number of carbonyl (C=O) groups is 1. The van der Waals surface area contributed by atoms with E-state index in [0.717, 1.165) is 16.8 Å². The summed E-state index contributed by atoms with van der Waals surface area (Å²) in [4.78, 5) is 16.5. The van der Waals surface area contributed by atoms with E-state index in [1.807, 2.05) is 31.2 Å². The first-order chi connectivity index (χ1) is 16.2. The van der Waals surface area contributed by atoms with Crippen molar-refractivity contribution in [3.05, 3.63) is 81.9 Å². The molecule has 0 fully saturated rings. The van der Waals surface area contributed by atoms with Gasteiger partial charge in [0.1, 0.15) is 5.69 Å². The van der Waals surface area contributed by atoms with E-state index in [1.54, 1.807) is 30.7 Å². The van der Waals surface area contributed by atoms with Gasteiger partial charge in [0, 0.05) is 29.9 Å². The number of nitrogens with zero attached hydrogens (tertiary/aromatic N) is 2. The number of hydrogen-bond acceptors (Lipinski definition) is 4. The Morgan fingerprint density at radius 3 is 2.47 bits per heavy atom. The Morgan fingerprint density at radius 2 is 1.88 bits per heavy atom. The molecule has 0 radical (unpaired) electrons. The Kier molecular flexibility index (Phi) is 8.15. The van der Waals surface area contributed by atoms with Gasteiger partial charge < -0.3 is 9.30 Å². The normalized spacial score (nSPS) is 11.3. The number of aromatic nitrogens is 1. The number of ether oxygens (including phenoxy) is 1. The number of rotatable bonds is 9. The summed E-state index contributed by atoms with van der Waals surface area (Å²) in [6.07, 6.45) is 1.07. The van der Waals surface area contributed by atoms with E-state index in [0.29, 0.717) is 34.8 Å². The van der Waals surface area contributed by atoms with E-state index in [9.17, 15) is 13.2 Å². The third-order valence-corrected chi connectivity index (χ3v) is 7.15. The number of carbonyl (C=O) groups excluding carboxylic acids is 1. The van der Waals surface area contributed by atoms with Crippen molar-refractivity contribution in [2.75, 3.05) is 13.2 Å². The van der Waals surface area contributed by atoms with Crippen molar-refractivity contribution >= 4 is 33.3 Å². The molecule has 34 heavy (non-hydrogen) atoms. The van der Waals surface area contributed by atoms with Crippen molar-refractivity contribution < 1.29 is 17.9 Å². The van der Waals surface area contributed by atoms with Gasteiger partial charge in [-0.3, -0.25) is 0 Å². The van der Waals surface area contributed by atoms with Gasteiger partial charge >= 0.3 is 5.97 Å². The molecule has 0 amide bonds. The number of halogens is 1. The Balaban J connectivity index is 1.82. The fraction of sp³-hybridized carbons (Fsp3) is 0.280. The van der Waals surface area contributed by atoms with Gasteiger partial charge in [0.15, 0.2) is 0 Å². The van der Waals surface area contributed by atoms with Gasteiger partial charge in [-0.2, -0.15) is 0 Å². The maximum Gasteiger partial charge on any atom is 0.354 e. The molecule has 2 aromatic carbocycles. The minimum atomic E-state index is -3.66. The van der Waals surface area contributed by atoms with E-state index in [2.05, 4.69) is 9.57 Å². The van der Waals surface area contributed by atoms with Crippen molar-refractivity contribution in [3.8, 4) is 11.1 Å². The predicted octanol–water partition coefficient (Wildman–Crippen LogP) is 5.16. The van der Waals surface area contributed by atoms with Crippen molar-refractivity contribution in [1.82, 2.24) is 9.29 Å². The summed E-state index contributed by atoms with van der Waals surface area (Å²) in [5.41, 5.74) is 3.76. The average molecular weight is 500 g/mol. The molecule has 0 unspecified atom stereocenters. The molecule has 0 atom stereocenters. The molecule has 0 aliphatic carbocycles. The topological polar surface area (TPSA) is 81.8 Å². The standard InChI is InChI=1S/C25H26ClN3O4S/c1-5-21-23(27-3)22(24(29(21)4)25(30)33-6-2)18-12-10-17(11-13-18)14-15-28-34(31,32)20-9-7-8-19(26)16-20/h7-13,16,28H,5-6,14-15H2,1-2,4H3. The summed E-state index contributed by atoms with van der Waals surface area (Å²) in [5, 5.41) is 0.353. The molecule has 7 nitrogen and oxygen atoms in total. The fourth-order valence-electron chi connectivity index (χ4n) is 3.84. The third-order valence-electron chi connectivity index (χ3n) is 5.46. The number of nitrogens with one attached hydrogen (secondary N) is 1. The van der Waals surface area contributed by atoms with E-state index in [1.165, 1.54) is 12.1 Å². The molecule has 0 aliphatic rings. The Hall–Kier alpha value is -3.12. The predicted molar refractivity (Wildman–Crippen MR) is 133 cm³/mol. The molecule has 1 aromatic heterocycles. The maximum atomic E-state index is 12.7. The Morgan fingerprint density at radius 1 is 1.18 bits per heavy atom. The van der Waals surface area contributed by atoms with Crippen LogP contribution in [-0.2, 0) is 34.6 Å². The van der Waals surface area contributed by atoms with Gasteiger partial charge in [-0.15, -0.1) is 0 Å². The van der Waals surface area contributed by atoms with Gasteiger partial charge in [0.25, 0.3) is 0 Å². The second kappa shape index (κ2) is 10.9. The quantitative estimate of drug-likeness (QED) is 0.326. The van der Waals surface area contributed by atoms with Crippen LogP contribution in [0.4, 0.5) is 5.69 Å². The molecule has 3 aromatic rings. The van der Waals surface area contributed by atoms with Gasteiger partial charge in [-0.1, -0.05) is 48.9 Å². The molecule has 1 heterocycles. The molecule has 9 heteroatoms. The first-order valence-corrected chi connectivity index (χ1v) is 12.7. The second-order valence-corrected chi connectivity index (χ2v) is 9.77. The molecule has 0 saturated carbocycles. The monoisotopic (exact) mass is 499 g/mol. The smallest absolute Gasteiger partial charge is 0.354 e. The highest BCUT2D eigenvalue weighted by Crippen LogP contribution is 2.39. The van der Waals surface area contributed by atoms with Crippen molar-refractivity contribution in [2.45, 2.75) is 31.6 Å². The summed E-state index contributed by atoms with van der Waals surface area (Å²) in [6, 6.07) is 13.5. The summed E-state index contributed by atoms with van der Waals surface area (Å²) < 4.78 is 34.5. The summed E-state index contributed by atoms with van der Waals surface area (Å²) in [5.74, 6) is -0.468. The highest BCUT2D eigenvalue weighted by Gasteiger charge is 2.26. The van der Waals surface area contributed by atoms with Crippen LogP contribution in [0.15, 0.2) is 53.4 Å². The zero-order valence-electron chi connectivity index (χ0n) is 19.3. The average Bonchev–Trinajstić information content (AvgIpc) is 3.10. The SMILES string of the molecule is [C-]#[N+]c1c(-c2ccc(CCNS(=O)(=O)c3cccc(Cl)c3)cc2)c(C(=O)OCC)n(C)c1CC. The maximum absolute atomic E-state index is 12.7. The lowest BCUT2D eigenvalue weighted by atomic mass is 10.0. The molecule has 1 N–H and O–H groups in total. The highest BCUT2D eigenvalue weighted by molar-refractivity contribution is 7.89. The van der Waals surface area contributed by atoms with Crippen LogP contribution in [0.1, 0.15) is 35.6 Å². The van der Waals surface area contributed by atoms with Gasteiger partial charge in [-0.25, -0.2) is 22.8 Å². The van der Waals surface area contributed by atoms with Gasteiger partial charge in [0.05, 0.1) is 18.1 Å². The molecule has 0 aliphatic heterocycles. The lowest BCUT2D eigenvalue weighted by Crippen LogP contribution is -2.26. The minimum Gasteiger partial charge on any atom is -0.461 e. The summed E-state index contributed by atoms with van der Waals surface area (Å²) >= 11 is 5.90. The zero-order valence-corrected chi connectivity index (χ0v) is 20.8. The molecular formula is C25H26ClN3O4S. The van der Waals surface area contributed by atoms with Crippen LogP contribution in [0.25, 0.3) is 16.0 Å². The minimum absolute atomic E-state index is 0.115. The first-order valence-electron chi connectivity index (χ1n) is 10.8. The Labute approximate surface area is 205 Å². The number of benzene rings is 2. The number of sulfonamides is 1. The van der Waals surface area contributed by atoms with Crippen molar-refractivity contribution in [1.29, 1.82) is 0 Å². The van der Waals surface area contributed by atoms with Crippen molar-refractivity contribution in [2.24, 2.45) is 7.05 Å². The molecule has 0 bridgehead atoms. The van der Waals surface area contributed by atoms with Crippen LogP contribution in [0.5, 0.6) is 0 Å². The summed E-state index contributed by atoms with van der Waals surface area (Å²) in [7, 11) is -1.89. The largest absolute Gasteiger partial charge is 0.461 e. The van der Waals surface area contributed by atoms with Crippen LogP contribution in [0.3, 0.4) is 0 Å². The van der Waals surface area contributed by atoms with Crippen LogP contribution < -0.4 is 4.72 Å². The second-order valence-electron chi connectivity index (χ2n) is 7.57. The van der Waals surface area contributed by atoms with E-state index < -0.39 is 16.0 Å². The third kappa shape index (κ3) is 5.33. The van der Waals surface area contributed by atoms with Crippen molar-refractivity contribution in [3.63, 3.8) is 0 Å². The first kappa shape index (κ1) is 25.5. The zero-order chi connectivity index (χ0) is 24.9. The van der Waals surface area contributed by atoms with Crippen LogP contribution in [-0.4, -0.2) is 32.1 Å². The summed E-state index contributed by atoms with van der Waals surface area (Å²) in [6.45, 7) is 11.8. The number of esters is 1. The molecule has 178 valence electrons. The lowest BCUT2D eigenvalue weighted by molar-refractivity contribution is 0.0516. The number of hydrogen-bond donors (Lipinski definition) is 1. The molecule has 3 rings (SSSR count). The van der Waals surface area contributed by atoms with Gasteiger partial charge in [-0.05, 0) is 49.1 Å². The van der Waals surface area contributed by atoms with Crippen LogP contribution in [0.2, 0.25) is 5.02 Å². The Bertz CT molecular complexity index is 1340. The van der Waals surface area contributed by atoms with Crippen LogP contribution >= 0.6 is 11.6 Å². The van der Waals surface area contributed by atoms with Gasteiger partial charge in [0.2, 0.25) is 15.7 Å². The van der Waals surface area contributed by atoms with E-state index in [4.69, 9.17) is 22.9 Å². The van der Waals surface area contributed by atoms with E-state index >= 15 is 0 Å². The lowest BCUT2D eigenvalue weighted by Gasteiger charge is -2.10. The highest BCUT2D eigenvalue weighted by atomic mass is 35.5. The fourth-order valence-corrected chi connectivity index (χ4v) is 5.17. The van der Waals surface area contributed by atoms with Crippen LogP contribution in [0, 0.1) is 6.57 Å².